The Kier molecular flexibility index (Phi) is 3.29. The van der Waals surface area contributed by atoms with Gasteiger partial charge in [-0.15, -0.1) is 0 Å². The van der Waals surface area contributed by atoms with Crippen molar-refractivity contribution in [2.75, 3.05) is 24.5 Å². The molecule has 0 aliphatic heterocycles. The van der Waals surface area contributed by atoms with Crippen LogP contribution < -0.4 is 16.6 Å². The molecule has 2 aromatic rings. The molecule has 18 heavy (non-hydrogen) atoms. The monoisotopic (exact) mass is 251 g/mol. The maximum atomic E-state index is 11.1. The zero-order valence-corrected chi connectivity index (χ0v) is 10.7. The Morgan fingerprint density at radius 2 is 2.22 bits per heavy atom. The summed E-state index contributed by atoms with van der Waals surface area (Å²) in [5.41, 5.74) is 8.23. The van der Waals surface area contributed by atoms with Crippen LogP contribution in [0.1, 0.15) is 13.8 Å². The van der Waals surface area contributed by atoms with Gasteiger partial charge in [-0.3, -0.25) is 14.9 Å². The van der Waals surface area contributed by atoms with Crippen LogP contribution >= 0.6 is 0 Å². The van der Waals surface area contributed by atoms with Crippen LogP contribution in [-0.2, 0) is 4.84 Å². The first-order valence-corrected chi connectivity index (χ1v) is 5.75. The standard InChI is InChI=1S/C12H17N3O3/c1-7(2)6-15(17-3)10-5-9-11(4-8(10)13)18-12(16)14-9/h4-5,7H,6,13H2,1-3H3,(H,14,16). The average molecular weight is 251 g/mol. The highest BCUT2D eigenvalue weighted by Crippen LogP contribution is 2.28. The molecule has 3 N–H and O–H groups in total. The van der Waals surface area contributed by atoms with Gasteiger partial charge in [-0.2, -0.15) is 0 Å². The summed E-state index contributed by atoms with van der Waals surface area (Å²) in [5, 5.41) is 1.70. The van der Waals surface area contributed by atoms with Gasteiger partial charge in [0.25, 0.3) is 0 Å². The topological polar surface area (TPSA) is 84.5 Å². The molecular weight excluding hydrogens is 234 g/mol. The third-order valence-electron chi connectivity index (χ3n) is 2.59. The van der Waals surface area contributed by atoms with Crippen molar-refractivity contribution in [3.8, 4) is 0 Å². The lowest BCUT2D eigenvalue weighted by Gasteiger charge is -2.24. The van der Waals surface area contributed by atoms with Crippen molar-refractivity contribution in [3.63, 3.8) is 0 Å². The van der Waals surface area contributed by atoms with E-state index < -0.39 is 5.76 Å². The summed E-state index contributed by atoms with van der Waals surface area (Å²) in [4.78, 5) is 19.0. The lowest BCUT2D eigenvalue weighted by Crippen LogP contribution is -2.27. The van der Waals surface area contributed by atoms with Gasteiger partial charge in [0.15, 0.2) is 5.58 Å². The van der Waals surface area contributed by atoms with Crippen molar-refractivity contribution in [3.05, 3.63) is 22.7 Å². The van der Waals surface area contributed by atoms with Crippen LogP contribution in [0, 0.1) is 5.92 Å². The molecule has 0 fully saturated rings. The predicted octanol–water partition coefficient (Wildman–Crippen LogP) is 1.73. The number of nitrogens with zero attached hydrogens (tertiary/aromatic N) is 1. The number of H-pyrrole nitrogens is 1. The zero-order valence-electron chi connectivity index (χ0n) is 10.7. The van der Waals surface area contributed by atoms with Crippen molar-refractivity contribution in [1.29, 1.82) is 0 Å². The second kappa shape index (κ2) is 4.73. The van der Waals surface area contributed by atoms with E-state index in [0.717, 1.165) is 5.69 Å². The fraction of sp³-hybridized carbons (Fsp3) is 0.417. The van der Waals surface area contributed by atoms with E-state index in [2.05, 4.69) is 18.8 Å². The van der Waals surface area contributed by atoms with Crippen LogP contribution in [0.4, 0.5) is 11.4 Å². The van der Waals surface area contributed by atoms with Crippen molar-refractivity contribution in [1.82, 2.24) is 4.98 Å². The molecule has 0 spiro atoms. The van der Waals surface area contributed by atoms with Gasteiger partial charge < -0.3 is 10.2 Å². The number of aromatic amines is 1. The van der Waals surface area contributed by atoms with Gasteiger partial charge in [0, 0.05) is 12.6 Å². The molecule has 1 aromatic carbocycles. The number of nitrogen functional groups attached to an aromatic ring is 1. The maximum absolute atomic E-state index is 11.1. The highest BCUT2D eigenvalue weighted by molar-refractivity contribution is 5.85. The van der Waals surface area contributed by atoms with Crippen molar-refractivity contribution >= 4 is 22.5 Å². The van der Waals surface area contributed by atoms with Crippen LogP contribution in [0.2, 0.25) is 0 Å². The molecule has 1 heterocycles. The summed E-state index contributed by atoms with van der Waals surface area (Å²) in [5.74, 6) is -0.0715. The second-order valence-corrected chi connectivity index (χ2v) is 4.56. The number of aromatic nitrogens is 1. The van der Waals surface area contributed by atoms with Crippen molar-refractivity contribution in [2.45, 2.75) is 13.8 Å². The van der Waals surface area contributed by atoms with Gasteiger partial charge in [0.1, 0.15) is 0 Å². The first-order valence-electron chi connectivity index (χ1n) is 5.75. The molecule has 2 rings (SSSR count). The van der Waals surface area contributed by atoms with Gasteiger partial charge in [0.2, 0.25) is 0 Å². The van der Waals surface area contributed by atoms with Crippen molar-refractivity contribution < 1.29 is 9.25 Å². The first-order chi connectivity index (χ1) is 8.51. The van der Waals surface area contributed by atoms with Crippen molar-refractivity contribution in [2.24, 2.45) is 5.92 Å². The molecule has 0 bridgehead atoms. The molecule has 6 nitrogen and oxygen atoms in total. The Balaban J connectivity index is 2.48. The van der Waals surface area contributed by atoms with Gasteiger partial charge >= 0.3 is 5.76 Å². The Bertz CT molecular complexity index is 600. The number of oxazole rings is 1. The highest BCUT2D eigenvalue weighted by atomic mass is 16.7. The summed E-state index contributed by atoms with van der Waals surface area (Å²) in [6.45, 7) is 4.87. The second-order valence-electron chi connectivity index (χ2n) is 4.56. The summed E-state index contributed by atoms with van der Waals surface area (Å²) in [7, 11) is 1.59. The molecular formula is C12H17N3O3. The van der Waals surface area contributed by atoms with Crippen LogP contribution in [0.25, 0.3) is 11.1 Å². The van der Waals surface area contributed by atoms with E-state index in [1.165, 1.54) is 0 Å². The number of rotatable bonds is 4. The number of hydrogen-bond acceptors (Lipinski definition) is 5. The van der Waals surface area contributed by atoms with Crippen LogP contribution in [0.5, 0.6) is 0 Å². The van der Waals surface area contributed by atoms with E-state index >= 15 is 0 Å². The number of nitrogens with one attached hydrogen (secondary N) is 1. The Morgan fingerprint density at radius 3 is 2.83 bits per heavy atom. The summed E-state index contributed by atoms with van der Waals surface area (Å²) >= 11 is 0. The molecule has 1 aromatic heterocycles. The summed E-state index contributed by atoms with van der Waals surface area (Å²) < 4.78 is 4.95. The molecule has 0 unspecified atom stereocenters. The minimum atomic E-state index is -0.491. The Labute approximate surface area is 104 Å². The van der Waals surface area contributed by atoms with E-state index in [-0.39, 0.29) is 0 Å². The summed E-state index contributed by atoms with van der Waals surface area (Å²) in [6.07, 6.45) is 0. The minimum absolute atomic E-state index is 0.420. The summed E-state index contributed by atoms with van der Waals surface area (Å²) in [6, 6.07) is 3.37. The van der Waals surface area contributed by atoms with Crippen LogP contribution in [0.15, 0.2) is 21.3 Å². The number of nitrogens with two attached hydrogens (primary N) is 1. The SMILES string of the molecule is CON(CC(C)C)c1cc2[nH]c(=O)oc2cc1N. The molecule has 98 valence electrons. The highest BCUT2D eigenvalue weighted by Gasteiger charge is 2.14. The smallest absolute Gasteiger partial charge is 0.408 e. The molecule has 0 atom stereocenters. The van der Waals surface area contributed by atoms with Gasteiger partial charge in [-0.25, -0.2) is 4.79 Å². The maximum Gasteiger partial charge on any atom is 0.417 e. The predicted molar refractivity (Wildman–Crippen MR) is 70.4 cm³/mol. The largest absolute Gasteiger partial charge is 0.417 e. The lowest BCUT2D eigenvalue weighted by molar-refractivity contribution is 0.159. The molecule has 0 saturated carbocycles. The van der Waals surface area contributed by atoms with E-state index in [0.29, 0.717) is 29.2 Å². The molecule has 6 heteroatoms. The average Bonchev–Trinajstić information content (AvgIpc) is 2.64. The fourth-order valence-electron chi connectivity index (χ4n) is 1.82. The molecule has 0 amide bonds. The zero-order chi connectivity index (χ0) is 13.3. The number of fused-ring (bicyclic) bond motifs is 1. The normalized spacial score (nSPS) is 11.3. The number of hydrogen-bond donors (Lipinski definition) is 2. The quantitative estimate of drug-likeness (QED) is 0.638. The third-order valence-corrected chi connectivity index (χ3v) is 2.59. The lowest BCUT2D eigenvalue weighted by atomic mass is 10.2. The van der Waals surface area contributed by atoms with E-state index in [1.807, 2.05) is 0 Å². The first kappa shape index (κ1) is 12.5. The fourth-order valence-corrected chi connectivity index (χ4v) is 1.82. The molecule has 0 aliphatic carbocycles. The molecule has 0 radical (unpaired) electrons. The van der Waals surface area contributed by atoms with E-state index in [4.69, 9.17) is 15.0 Å². The van der Waals surface area contributed by atoms with E-state index in [9.17, 15) is 4.79 Å². The van der Waals surface area contributed by atoms with Crippen LogP contribution in [0.3, 0.4) is 0 Å². The minimum Gasteiger partial charge on any atom is -0.408 e. The van der Waals surface area contributed by atoms with E-state index in [1.54, 1.807) is 24.3 Å². The van der Waals surface area contributed by atoms with Gasteiger partial charge in [-0.1, -0.05) is 13.8 Å². The Morgan fingerprint density at radius 1 is 1.50 bits per heavy atom. The molecule has 0 saturated heterocycles. The third kappa shape index (κ3) is 2.33. The van der Waals surface area contributed by atoms with Crippen LogP contribution in [-0.4, -0.2) is 18.6 Å². The number of hydroxylamine groups is 1. The molecule has 0 aliphatic rings. The number of anilines is 2. The van der Waals surface area contributed by atoms with Gasteiger partial charge in [-0.05, 0) is 12.0 Å². The number of benzene rings is 1. The van der Waals surface area contributed by atoms with Gasteiger partial charge in [0.05, 0.1) is 24.0 Å². The Hall–Kier alpha value is -1.95.